The summed E-state index contributed by atoms with van der Waals surface area (Å²) in [6.07, 6.45) is 0. The molecule has 0 saturated carbocycles. The van der Waals surface area contributed by atoms with Gasteiger partial charge in [0.15, 0.2) is 0 Å². The Balaban J connectivity index is 2.93. The van der Waals surface area contributed by atoms with Gasteiger partial charge in [-0.15, -0.1) is 0 Å². The van der Waals surface area contributed by atoms with E-state index in [2.05, 4.69) is 5.32 Å². The molecular formula is C12H15F3N2OS. The molecule has 0 saturated heterocycles. The largest absolute Gasteiger partial charge is 0.446 e. The number of alkyl halides is 3. The summed E-state index contributed by atoms with van der Waals surface area (Å²) < 4.78 is 37.2. The molecule has 0 spiro atoms. The maximum atomic E-state index is 12.4. The Morgan fingerprint density at radius 2 is 1.89 bits per heavy atom. The number of carbonyl (C=O) groups excluding carboxylic acids is 1. The van der Waals surface area contributed by atoms with E-state index in [0.717, 1.165) is 0 Å². The molecule has 1 rings (SSSR count). The standard InChI is InChI=1S/C12H15F3N2OS/c1-11(2,7-16)10(18)17-8-5-3-4-6-9(8)19-12(13,14)15/h3-6H,7,16H2,1-2H3,(H,17,18). The third-order valence-electron chi connectivity index (χ3n) is 2.49. The van der Waals surface area contributed by atoms with Gasteiger partial charge in [-0.2, -0.15) is 13.2 Å². The predicted molar refractivity (Wildman–Crippen MR) is 69.8 cm³/mol. The van der Waals surface area contributed by atoms with Gasteiger partial charge < -0.3 is 11.1 Å². The number of carbonyl (C=O) groups is 1. The predicted octanol–water partition coefficient (Wildman–Crippen LogP) is 3.22. The molecule has 1 aromatic rings. The molecule has 0 bridgehead atoms. The van der Waals surface area contributed by atoms with Gasteiger partial charge in [0.25, 0.3) is 0 Å². The molecule has 3 nitrogen and oxygen atoms in total. The summed E-state index contributed by atoms with van der Waals surface area (Å²) in [6, 6.07) is 5.78. The second kappa shape index (κ2) is 5.83. The first kappa shape index (κ1) is 15.8. The van der Waals surface area contributed by atoms with E-state index in [4.69, 9.17) is 5.73 Å². The number of amides is 1. The van der Waals surface area contributed by atoms with Crippen molar-refractivity contribution in [2.45, 2.75) is 24.3 Å². The monoisotopic (exact) mass is 292 g/mol. The van der Waals surface area contributed by atoms with Crippen molar-refractivity contribution in [2.24, 2.45) is 11.1 Å². The first-order valence-electron chi connectivity index (χ1n) is 5.52. The second-order valence-corrected chi connectivity index (χ2v) is 5.69. The van der Waals surface area contributed by atoms with E-state index in [0.29, 0.717) is 0 Å². The molecule has 0 aromatic heterocycles. The number of thioether (sulfide) groups is 1. The van der Waals surface area contributed by atoms with Gasteiger partial charge in [0.05, 0.1) is 11.1 Å². The molecule has 3 N–H and O–H groups in total. The van der Waals surface area contributed by atoms with E-state index in [-0.39, 0.29) is 28.9 Å². The Morgan fingerprint density at radius 1 is 1.32 bits per heavy atom. The topological polar surface area (TPSA) is 55.1 Å². The Hall–Kier alpha value is -1.21. The van der Waals surface area contributed by atoms with Crippen LogP contribution in [0.1, 0.15) is 13.8 Å². The first-order valence-corrected chi connectivity index (χ1v) is 6.33. The van der Waals surface area contributed by atoms with Crippen LogP contribution in [0.15, 0.2) is 29.2 Å². The zero-order valence-corrected chi connectivity index (χ0v) is 11.4. The highest BCUT2D eigenvalue weighted by atomic mass is 32.2. The molecule has 0 atom stereocenters. The normalized spacial score (nSPS) is 12.3. The molecule has 0 unspecified atom stereocenters. The summed E-state index contributed by atoms with van der Waals surface area (Å²) in [5.41, 5.74) is 0.354. The summed E-state index contributed by atoms with van der Waals surface area (Å²) >= 11 is -0.258. The molecule has 0 radical (unpaired) electrons. The molecule has 0 fully saturated rings. The van der Waals surface area contributed by atoms with E-state index >= 15 is 0 Å². The Morgan fingerprint density at radius 3 is 2.42 bits per heavy atom. The SMILES string of the molecule is CC(C)(CN)C(=O)Nc1ccccc1SC(F)(F)F. The van der Waals surface area contributed by atoms with Crippen molar-refractivity contribution in [3.05, 3.63) is 24.3 Å². The zero-order valence-electron chi connectivity index (χ0n) is 10.5. The van der Waals surface area contributed by atoms with E-state index in [1.807, 2.05) is 0 Å². The third-order valence-corrected chi connectivity index (χ3v) is 3.29. The summed E-state index contributed by atoms with van der Waals surface area (Å²) in [4.78, 5) is 11.9. The number of benzene rings is 1. The van der Waals surface area contributed by atoms with Crippen molar-refractivity contribution in [3.8, 4) is 0 Å². The second-order valence-electron chi connectivity index (χ2n) is 4.59. The number of anilines is 1. The smallest absolute Gasteiger partial charge is 0.329 e. The number of nitrogens with two attached hydrogens (primary N) is 1. The molecule has 19 heavy (non-hydrogen) atoms. The van der Waals surface area contributed by atoms with E-state index in [1.165, 1.54) is 18.2 Å². The van der Waals surface area contributed by atoms with Crippen LogP contribution in [0.4, 0.5) is 18.9 Å². The minimum atomic E-state index is -4.40. The van der Waals surface area contributed by atoms with E-state index in [9.17, 15) is 18.0 Å². The van der Waals surface area contributed by atoms with Gasteiger partial charge in [0, 0.05) is 11.4 Å². The van der Waals surface area contributed by atoms with Crippen LogP contribution in [0.5, 0.6) is 0 Å². The number of hydrogen-bond donors (Lipinski definition) is 2. The highest BCUT2D eigenvalue weighted by Gasteiger charge is 2.31. The van der Waals surface area contributed by atoms with Gasteiger partial charge in [0.1, 0.15) is 0 Å². The van der Waals surface area contributed by atoms with Crippen LogP contribution in [-0.2, 0) is 4.79 Å². The molecule has 7 heteroatoms. The molecule has 0 aliphatic heterocycles. The van der Waals surface area contributed by atoms with Gasteiger partial charge in [-0.25, -0.2) is 0 Å². The van der Waals surface area contributed by atoms with Crippen LogP contribution >= 0.6 is 11.8 Å². The highest BCUT2D eigenvalue weighted by molar-refractivity contribution is 8.00. The summed E-state index contributed by atoms with van der Waals surface area (Å²) in [7, 11) is 0. The first-order chi connectivity index (χ1) is 8.65. The lowest BCUT2D eigenvalue weighted by atomic mass is 9.92. The number of rotatable bonds is 4. The van der Waals surface area contributed by atoms with Crippen molar-refractivity contribution >= 4 is 23.4 Å². The Labute approximate surface area is 113 Å². The molecule has 106 valence electrons. The van der Waals surface area contributed by atoms with E-state index in [1.54, 1.807) is 19.9 Å². The van der Waals surface area contributed by atoms with Crippen LogP contribution in [-0.4, -0.2) is 18.0 Å². The van der Waals surface area contributed by atoms with Crippen molar-refractivity contribution in [1.82, 2.24) is 0 Å². The Kier molecular flexibility index (Phi) is 4.86. The lowest BCUT2D eigenvalue weighted by molar-refractivity contribution is -0.123. The van der Waals surface area contributed by atoms with Crippen molar-refractivity contribution in [3.63, 3.8) is 0 Å². The Bertz CT molecular complexity index is 461. The minimum Gasteiger partial charge on any atom is -0.329 e. The van der Waals surface area contributed by atoms with Crippen LogP contribution in [0.25, 0.3) is 0 Å². The van der Waals surface area contributed by atoms with Crippen molar-refractivity contribution < 1.29 is 18.0 Å². The van der Waals surface area contributed by atoms with Crippen molar-refractivity contribution in [2.75, 3.05) is 11.9 Å². The number of para-hydroxylation sites is 1. The van der Waals surface area contributed by atoms with Gasteiger partial charge in [0.2, 0.25) is 5.91 Å². The minimum absolute atomic E-state index is 0.0452. The lowest BCUT2D eigenvalue weighted by Crippen LogP contribution is -2.37. The molecule has 0 heterocycles. The lowest BCUT2D eigenvalue weighted by Gasteiger charge is -2.22. The maximum Gasteiger partial charge on any atom is 0.446 e. The average Bonchev–Trinajstić information content (AvgIpc) is 2.29. The zero-order chi connectivity index (χ0) is 14.7. The van der Waals surface area contributed by atoms with Crippen molar-refractivity contribution in [1.29, 1.82) is 0 Å². The van der Waals surface area contributed by atoms with Gasteiger partial charge in [-0.1, -0.05) is 12.1 Å². The van der Waals surface area contributed by atoms with Crippen LogP contribution in [0.2, 0.25) is 0 Å². The number of nitrogens with one attached hydrogen (secondary N) is 1. The van der Waals surface area contributed by atoms with Crippen LogP contribution < -0.4 is 11.1 Å². The third kappa shape index (κ3) is 4.76. The summed E-state index contributed by atoms with van der Waals surface area (Å²) in [5.74, 6) is -0.412. The summed E-state index contributed by atoms with van der Waals surface area (Å²) in [6.45, 7) is 3.36. The van der Waals surface area contributed by atoms with Crippen LogP contribution in [0, 0.1) is 5.41 Å². The number of hydrogen-bond acceptors (Lipinski definition) is 3. The summed E-state index contributed by atoms with van der Waals surface area (Å²) in [5, 5.41) is 2.48. The fourth-order valence-electron chi connectivity index (χ4n) is 1.17. The highest BCUT2D eigenvalue weighted by Crippen LogP contribution is 2.40. The fourth-order valence-corrected chi connectivity index (χ4v) is 1.79. The quantitative estimate of drug-likeness (QED) is 0.838. The fraction of sp³-hybridized carbons (Fsp3) is 0.417. The van der Waals surface area contributed by atoms with E-state index < -0.39 is 16.8 Å². The molecule has 0 aliphatic carbocycles. The maximum absolute atomic E-state index is 12.4. The van der Waals surface area contributed by atoms with Gasteiger partial charge in [-0.05, 0) is 37.7 Å². The molecular weight excluding hydrogens is 277 g/mol. The van der Waals surface area contributed by atoms with Gasteiger partial charge in [-0.3, -0.25) is 4.79 Å². The van der Waals surface area contributed by atoms with Crippen LogP contribution in [0.3, 0.4) is 0 Å². The molecule has 0 aliphatic rings. The molecule has 1 amide bonds. The average molecular weight is 292 g/mol. The number of halogens is 3. The van der Waals surface area contributed by atoms with Gasteiger partial charge >= 0.3 is 5.51 Å². The molecule has 1 aromatic carbocycles.